The molecule has 0 radical (unpaired) electrons. The van der Waals surface area contributed by atoms with E-state index in [0.717, 1.165) is 0 Å². The molecule has 1 aliphatic rings. The van der Waals surface area contributed by atoms with Crippen LogP contribution in [0.15, 0.2) is 24.3 Å². The quantitative estimate of drug-likeness (QED) is 0.787. The van der Waals surface area contributed by atoms with Gasteiger partial charge in [-0.2, -0.15) is 0 Å². The highest BCUT2D eigenvalue weighted by atomic mass is 15.0. The summed E-state index contributed by atoms with van der Waals surface area (Å²) in [4.78, 5) is 0. The third-order valence-electron chi connectivity index (χ3n) is 4.69. The molecule has 1 N–H and O–H groups in total. The minimum absolute atomic E-state index is 0.335. The van der Waals surface area contributed by atoms with Crippen LogP contribution in [0.5, 0.6) is 0 Å². The first-order chi connectivity index (χ1) is 9.08. The molecule has 0 aromatic heterocycles. The van der Waals surface area contributed by atoms with Crippen molar-refractivity contribution < 1.29 is 0 Å². The molecular weight excluding hydrogens is 230 g/mol. The van der Waals surface area contributed by atoms with Crippen LogP contribution in [-0.2, 0) is 5.41 Å². The van der Waals surface area contributed by atoms with Crippen molar-refractivity contribution in [3.05, 3.63) is 35.4 Å². The van der Waals surface area contributed by atoms with Crippen LogP contribution >= 0.6 is 0 Å². The first kappa shape index (κ1) is 14.6. The SMILES string of the molecule is CCCC(CC)NC1CCC(C)(C)c2ccccc21. The molecule has 0 aliphatic heterocycles. The fourth-order valence-electron chi connectivity index (χ4n) is 3.42. The van der Waals surface area contributed by atoms with Crippen molar-refractivity contribution in [2.24, 2.45) is 0 Å². The summed E-state index contributed by atoms with van der Waals surface area (Å²) >= 11 is 0. The molecule has 0 saturated heterocycles. The standard InChI is InChI=1S/C18H29N/c1-5-9-14(6-2)19-17-12-13-18(3,4)16-11-8-7-10-15(16)17/h7-8,10-11,14,17,19H,5-6,9,12-13H2,1-4H3. The maximum absolute atomic E-state index is 3.90. The second-order valence-corrected chi connectivity index (χ2v) is 6.62. The maximum Gasteiger partial charge on any atom is 0.0325 e. The predicted octanol–water partition coefficient (Wildman–Crippen LogP) is 4.97. The number of hydrogen-bond donors (Lipinski definition) is 1. The van der Waals surface area contributed by atoms with Gasteiger partial charge >= 0.3 is 0 Å². The molecule has 0 amide bonds. The Morgan fingerprint density at radius 2 is 2.00 bits per heavy atom. The molecule has 0 bridgehead atoms. The van der Waals surface area contributed by atoms with Gasteiger partial charge in [-0.3, -0.25) is 0 Å². The summed E-state index contributed by atoms with van der Waals surface area (Å²) < 4.78 is 0. The molecule has 2 rings (SSSR count). The molecule has 1 heteroatoms. The van der Waals surface area contributed by atoms with Crippen molar-refractivity contribution in [1.82, 2.24) is 5.32 Å². The zero-order chi connectivity index (χ0) is 13.9. The Morgan fingerprint density at radius 3 is 2.68 bits per heavy atom. The Labute approximate surface area is 118 Å². The lowest BCUT2D eigenvalue weighted by atomic mass is 9.71. The van der Waals surface area contributed by atoms with E-state index in [2.05, 4.69) is 57.3 Å². The lowest BCUT2D eigenvalue weighted by Gasteiger charge is -2.39. The van der Waals surface area contributed by atoms with Crippen molar-refractivity contribution in [1.29, 1.82) is 0 Å². The average molecular weight is 259 g/mol. The van der Waals surface area contributed by atoms with Gasteiger partial charge in [-0.25, -0.2) is 0 Å². The van der Waals surface area contributed by atoms with Crippen molar-refractivity contribution in [2.45, 2.75) is 77.3 Å². The van der Waals surface area contributed by atoms with Crippen LogP contribution in [0.25, 0.3) is 0 Å². The Hall–Kier alpha value is -0.820. The summed E-state index contributed by atoms with van der Waals surface area (Å²) in [6.45, 7) is 9.34. The van der Waals surface area contributed by atoms with Gasteiger partial charge in [-0.15, -0.1) is 0 Å². The van der Waals surface area contributed by atoms with Crippen LogP contribution in [-0.4, -0.2) is 6.04 Å². The minimum Gasteiger partial charge on any atom is -0.307 e. The first-order valence-corrected chi connectivity index (χ1v) is 7.94. The maximum atomic E-state index is 3.90. The monoisotopic (exact) mass is 259 g/mol. The molecule has 1 aromatic rings. The van der Waals surface area contributed by atoms with Gasteiger partial charge in [0.25, 0.3) is 0 Å². The first-order valence-electron chi connectivity index (χ1n) is 7.94. The zero-order valence-corrected chi connectivity index (χ0v) is 13.0. The molecule has 1 aromatic carbocycles. The fraction of sp³-hybridized carbons (Fsp3) is 0.667. The number of fused-ring (bicyclic) bond motifs is 1. The summed E-state index contributed by atoms with van der Waals surface area (Å²) in [6, 6.07) is 10.3. The lowest BCUT2D eigenvalue weighted by molar-refractivity contribution is 0.320. The fourth-order valence-corrected chi connectivity index (χ4v) is 3.42. The third-order valence-corrected chi connectivity index (χ3v) is 4.69. The number of hydrogen-bond acceptors (Lipinski definition) is 1. The second-order valence-electron chi connectivity index (χ2n) is 6.62. The van der Waals surface area contributed by atoms with E-state index in [-0.39, 0.29) is 0 Å². The third kappa shape index (κ3) is 3.20. The molecule has 0 heterocycles. The smallest absolute Gasteiger partial charge is 0.0325 e. The summed E-state index contributed by atoms with van der Waals surface area (Å²) in [5.74, 6) is 0. The highest BCUT2D eigenvalue weighted by Gasteiger charge is 2.32. The van der Waals surface area contributed by atoms with E-state index in [1.54, 1.807) is 5.56 Å². The largest absolute Gasteiger partial charge is 0.307 e. The van der Waals surface area contributed by atoms with Crippen molar-refractivity contribution in [3.8, 4) is 0 Å². The van der Waals surface area contributed by atoms with Crippen molar-refractivity contribution in [2.75, 3.05) is 0 Å². The number of nitrogens with one attached hydrogen (secondary N) is 1. The molecule has 106 valence electrons. The van der Waals surface area contributed by atoms with Gasteiger partial charge in [0.05, 0.1) is 0 Å². The van der Waals surface area contributed by atoms with Crippen LogP contribution < -0.4 is 5.32 Å². The van der Waals surface area contributed by atoms with E-state index in [1.165, 1.54) is 37.7 Å². The topological polar surface area (TPSA) is 12.0 Å². The molecule has 19 heavy (non-hydrogen) atoms. The van der Waals surface area contributed by atoms with Crippen molar-refractivity contribution >= 4 is 0 Å². The summed E-state index contributed by atoms with van der Waals surface area (Å²) in [5.41, 5.74) is 3.42. The van der Waals surface area contributed by atoms with Gasteiger partial charge in [0.15, 0.2) is 0 Å². The molecule has 1 aliphatic carbocycles. The lowest BCUT2D eigenvalue weighted by Crippen LogP contribution is -2.37. The highest BCUT2D eigenvalue weighted by Crippen LogP contribution is 2.41. The van der Waals surface area contributed by atoms with Crippen LogP contribution in [0.2, 0.25) is 0 Å². The van der Waals surface area contributed by atoms with Crippen LogP contribution in [0.1, 0.15) is 77.0 Å². The van der Waals surface area contributed by atoms with E-state index in [4.69, 9.17) is 0 Å². The van der Waals surface area contributed by atoms with Crippen LogP contribution in [0.3, 0.4) is 0 Å². The van der Waals surface area contributed by atoms with Gasteiger partial charge in [-0.1, -0.05) is 58.4 Å². The Morgan fingerprint density at radius 1 is 1.26 bits per heavy atom. The molecular formula is C18H29N. The second kappa shape index (κ2) is 6.09. The summed E-state index contributed by atoms with van der Waals surface area (Å²) in [5, 5.41) is 3.90. The molecule has 1 nitrogen and oxygen atoms in total. The van der Waals surface area contributed by atoms with Crippen LogP contribution in [0.4, 0.5) is 0 Å². The molecule has 0 saturated carbocycles. The van der Waals surface area contributed by atoms with Crippen LogP contribution in [0, 0.1) is 0 Å². The minimum atomic E-state index is 0.335. The van der Waals surface area contributed by atoms with E-state index in [9.17, 15) is 0 Å². The van der Waals surface area contributed by atoms with Crippen molar-refractivity contribution in [3.63, 3.8) is 0 Å². The van der Waals surface area contributed by atoms with E-state index >= 15 is 0 Å². The van der Waals surface area contributed by atoms with Gasteiger partial charge < -0.3 is 5.32 Å². The highest BCUT2D eigenvalue weighted by molar-refractivity contribution is 5.38. The summed E-state index contributed by atoms with van der Waals surface area (Å²) in [6.07, 6.45) is 6.34. The van der Waals surface area contributed by atoms with Gasteiger partial charge in [0.1, 0.15) is 0 Å². The average Bonchev–Trinajstić information content (AvgIpc) is 2.41. The Kier molecular flexibility index (Phi) is 4.67. The van der Waals surface area contributed by atoms with E-state index in [1.807, 2.05) is 0 Å². The molecule has 0 spiro atoms. The normalized spacial score (nSPS) is 22.8. The number of benzene rings is 1. The van der Waals surface area contributed by atoms with E-state index < -0.39 is 0 Å². The molecule has 2 atom stereocenters. The van der Waals surface area contributed by atoms with E-state index in [0.29, 0.717) is 17.5 Å². The number of rotatable bonds is 5. The Balaban J connectivity index is 2.20. The zero-order valence-electron chi connectivity index (χ0n) is 13.0. The molecule has 2 unspecified atom stereocenters. The molecule has 0 fully saturated rings. The van der Waals surface area contributed by atoms with Gasteiger partial charge in [0.2, 0.25) is 0 Å². The Bertz CT molecular complexity index is 408. The van der Waals surface area contributed by atoms with Gasteiger partial charge in [0, 0.05) is 12.1 Å². The predicted molar refractivity (Wildman–Crippen MR) is 83.6 cm³/mol. The summed E-state index contributed by atoms with van der Waals surface area (Å²) in [7, 11) is 0. The van der Waals surface area contributed by atoms with Gasteiger partial charge in [-0.05, 0) is 42.2 Å².